The number of aromatic nitrogens is 5. The first kappa shape index (κ1) is 21.0. The van der Waals surface area contributed by atoms with Gasteiger partial charge in [-0.2, -0.15) is 0 Å². The van der Waals surface area contributed by atoms with Crippen molar-refractivity contribution in [3.8, 4) is 11.4 Å². The highest BCUT2D eigenvalue weighted by Crippen LogP contribution is 2.35. The lowest BCUT2D eigenvalue weighted by Gasteiger charge is -2.27. The van der Waals surface area contributed by atoms with Crippen LogP contribution in [-0.2, 0) is 11.8 Å². The molecule has 0 spiro atoms. The first-order valence-corrected chi connectivity index (χ1v) is 9.05. The summed E-state index contributed by atoms with van der Waals surface area (Å²) in [6.45, 7) is 1.69. The Morgan fingerprint density at radius 1 is 1.30 bits per heavy atom. The summed E-state index contributed by atoms with van der Waals surface area (Å²) in [5.41, 5.74) is 1.54. The van der Waals surface area contributed by atoms with Crippen LogP contribution in [0.3, 0.4) is 0 Å². The van der Waals surface area contributed by atoms with Crippen molar-refractivity contribution in [3.63, 3.8) is 0 Å². The van der Waals surface area contributed by atoms with Gasteiger partial charge in [0.05, 0.1) is 30.7 Å². The summed E-state index contributed by atoms with van der Waals surface area (Å²) in [4.78, 5) is 32.9. The van der Waals surface area contributed by atoms with Crippen LogP contribution in [0.1, 0.15) is 18.5 Å². The molecule has 0 fully saturated rings. The molecule has 1 atom stereocenters. The second-order valence-corrected chi connectivity index (χ2v) is 6.50. The first-order valence-electron chi connectivity index (χ1n) is 8.67. The van der Waals surface area contributed by atoms with Crippen molar-refractivity contribution in [1.29, 1.82) is 0 Å². The molecule has 3 aromatic rings. The van der Waals surface area contributed by atoms with Crippen molar-refractivity contribution in [2.75, 3.05) is 17.3 Å². The number of carbonyl (C=O) groups excluding carboxylic acids is 1. The normalized spacial score (nSPS) is 11.6. The van der Waals surface area contributed by atoms with E-state index in [1.807, 2.05) is 0 Å². The quantitative estimate of drug-likeness (QED) is 0.587. The second kappa shape index (κ2) is 8.74. The fraction of sp³-hybridized carbons (Fsp3) is 0.222. The minimum atomic E-state index is -1.22. The van der Waals surface area contributed by atoms with Gasteiger partial charge in [0, 0.05) is 18.8 Å². The molecule has 2 N–H and O–H groups in total. The zero-order valence-corrected chi connectivity index (χ0v) is 17.0. The maximum Gasteiger partial charge on any atom is 0.413 e. The van der Waals surface area contributed by atoms with E-state index < -0.39 is 18.2 Å². The number of carboxylic acid groups (broad SMARTS) is 1. The van der Waals surface area contributed by atoms with E-state index in [1.165, 1.54) is 24.2 Å². The van der Waals surface area contributed by atoms with E-state index in [0.717, 1.165) is 4.90 Å². The molecule has 156 valence electrons. The predicted molar refractivity (Wildman–Crippen MR) is 108 cm³/mol. The van der Waals surface area contributed by atoms with E-state index >= 15 is 0 Å². The highest BCUT2D eigenvalue weighted by Gasteiger charge is 2.31. The molecule has 0 saturated heterocycles. The number of anilines is 2. The summed E-state index contributed by atoms with van der Waals surface area (Å²) < 4.78 is 5.88. The monoisotopic (exact) mass is 431 g/mol. The third-order valence-electron chi connectivity index (χ3n) is 4.29. The number of methoxy groups -OCH3 is 1. The van der Waals surface area contributed by atoms with E-state index in [1.54, 1.807) is 38.2 Å². The Bertz CT molecular complexity index is 1070. The Kier molecular flexibility index (Phi) is 6.11. The molecule has 0 aliphatic carbocycles. The summed E-state index contributed by atoms with van der Waals surface area (Å²) in [5.74, 6) is 0.205. The van der Waals surface area contributed by atoms with Crippen molar-refractivity contribution in [2.45, 2.75) is 13.0 Å². The molecule has 12 heteroatoms. The van der Waals surface area contributed by atoms with Gasteiger partial charge < -0.3 is 9.84 Å². The number of nitrogens with one attached hydrogen (secondary N) is 1. The fourth-order valence-electron chi connectivity index (χ4n) is 2.85. The lowest BCUT2D eigenvalue weighted by molar-refractivity contribution is 0.187. The molecule has 30 heavy (non-hydrogen) atoms. The molecule has 0 aromatic carbocycles. The van der Waals surface area contributed by atoms with Gasteiger partial charge in [0.2, 0.25) is 0 Å². The van der Waals surface area contributed by atoms with Crippen LogP contribution in [0.5, 0.6) is 0 Å². The summed E-state index contributed by atoms with van der Waals surface area (Å²) in [7, 11) is 2.83. The minimum absolute atomic E-state index is 0.198. The molecule has 0 radical (unpaired) electrons. The zero-order valence-electron chi connectivity index (χ0n) is 16.3. The van der Waals surface area contributed by atoms with Crippen LogP contribution in [0.2, 0.25) is 5.15 Å². The van der Waals surface area contributed by atoms with Crippen LogP contribution >= 0.6 is 11.6 Å². The minimum Gasteiger partial charge on any atom is -0.465 e. The number of pyridine rings is 2. The summed E-state index contributed by atoms with van der Waals surface area (Å²) in [5, 5.41) is 20.7. The van der Waals surface area contributed by atoms with Gasteiger partial charge in [0.1, 0.15) is 5.15 Å². The lowest BCUT2D eigenvalue weighted by Crippen LogP contribution is -2.34. The van der Waals surface area contributed by atoms with Crippen LogP contribution < -0.4 is 10.2 Å². The van der Waals surface area contributed by atoms with Gasteiger partial charge in [-0.25, -0.2) is 19.3 Å². The first-order chi connectivity index (χ1) is 14.3. The number of ether oxygens (including phenoxy) is 1. The summed E-state index contributed by atoms with van der Waals surface area (Å²) in [6, 6.07) is 5.87. The molecule has 0 saturated carbocycles. The van der Waals surface area contributed by atoms with Gasteiger partial charge >= 0.3 is 12.2 Å². The van der Waals surface area contributed by atoms with Crippen LogP contribution in [0.15, 0.2) is 36.7 Å². The Hall–Kier alpha value is -3.73. The number of amides is 2. The maximum absolute atomic E-state index is 12.2. The molecule has 3 rings (SSSR count). The molecule has 11 nitrogen and oxygen atoms in total. The highest BCUT2D eigenvalue weighted by molar-refractivity contribution is 6.30. The Labute approximate surface area is 176 Å². The molecular weight excluding hydrogens is 414 g/mol. The van der Waals surface area contributed by atoms with E-state index in [2.05, 4.69) is 30.3 Å². The van der Waals surface area contributed by atoms with Gasteiger partial charge in [0.25, 0.3) is 0 Å². The van der Waals surface area contributed by atoms with Gasteiger partial charge in [0.15, 0.2) is 11.5 Å². The van der Waals surface area contributed by atoms with Crippen LogP contribution in [-0.4, -0.2) is 49.4 Å². The van der Waals surface area contributed by atoms with Gasteiger partial charge in [-0.1, -0.05) is 22.9 Å². The Balaban J connectivity index is 2.02. The molecular formula is C18H18ClN7O4. The standard InChI is InChI=1S/C18H18ClN7O4/c1-10(12-5-4-8-20-15(12)19)26(18(28)29)16-14(23-24-25(16)2)13-7-6-11(9-21-13)22-17(27)30-3/h4-10H,1-3H3,(H,22,27)(H,28,29). The van der Waals surface area contributed by atoms with Crippen molar-refractivity contribution in [3.05, 3.63) is 47.4 Å². The van der Waals surface area contributed by atoms with Crippen molar-refractivity contribution >= 4 is 35.3 Å². The van der Waals surface area contributed by atoms with Gasteiger partial charge in [-0.05, 0) is 25.1 Å². The summed E-state index contributed by atoms with van der Waals surface area (Å²) in [6.07, 6.45) is 1.06. The average Bonchev–Trinajstić information content (AvgIpc) is 3.09. The number of aryl methyl sites for hydroxylation is 1. The second-order valence-electron chi connectivity index (χ2n) is 6.15. The zero-order chi connectivity index (χ0) is 21.8. The Morgan fingerprint density at radius 2 is 2.07 bits per heavy atom. The highest BCUT2D eigenvalue weighted by atomic mass is 35.5. The van der Waals surface area contributed by atoms with Crippen LogP contribution in [0, 0.1) is 0 Å². The van der Waals surface area contributed by atoms with Gasteiger partial charge in [-0.15, -0.1) is 5.10 Å². The van der Waals surface area contributed by atoms with E-state index in [-0.39, 0.29) is 16.7 Å². The Morgan fingerprint density at radius 3 is 2.67 bits per heavy atom. The number of halogens is 1. The van der Waals surface area contributed by atoms with Crippen molar-refractivity contribution in [1.82, 2.24) is 25.0 Å². The molecule has 2 amide bonds. The lowest BCUT2D eigenvalue weighted by atomic mass is 10.1. The number of rotatable bonds is 5. The molecule has 0 aliphatic heterocycles. The van der Waals surface area contributed by atoms with E-state index in [4.69, 9.17) is 11.6 Å². The molecule has 3 aromatic heterocycles. The number of hydrogen-bond acceptors (Lipinski definition) is 7. The third-order valence-corrected chi connectivity index (χ3v) is 4.61. The number of carbonyl (C=O) groups is 2. The third kappa shape index (κ3) is 4.15. The topological polar surface area (TPSA) is 135 Å². The van der Waals surface area contributed by atoms with Crippen molar-refractivity contribution < 1.29 is 19.4 Å². The van der Waals surface area contributed by atoms with Crippen LogP contribution in [0.4, 0.5) is 21.1 Å². The predicted octanol–water partition coefficient (Wildman–Crippen LogP) is 3.35. The van der Waals surface area contributed by atoms with E-state index in [9.17, 15) is 14.7 Å². The maximum atomic E-state index is 12.2. The SMILES string of the molecule is COC(=O)Nc1ccc(-c2nnn(C)c2N(C(=O)O)C(C)c2cccnc2Cl)nc1. The van der Waals surface area contributed by atoms with E-state index in [0.29, 0.717) is 16.9 Å². The number of hydrogen-bond donors (Lipinski definition) is 2. The fourth-order valence-corrected chi connectivity index (χ4v) is 3.13. The van der Waals surface area contributed by atoms with Gasteiger partial charge in [-0.3, -0.25) is 15.2 Å². The average molecular weight is 432 g/mol. The molecule has 3 heterocycles. The molecule has 1 unspecified atom stereocenters. The van der Waals surface area contributed by atoms with Crippen molar-refractivity contribution in [2.24, 2.45) is 7.05 Å². The van der Waals surface area contributed by atoms with Crippen LogP contribution in [0.25, 0.3) is 11.4 Å². The summed E-state index contributed by atoms with van der Waals surface area (Å²) >= 11 is 6.17. The largest absolute Gasteiger partial charge is 0.465 e. The smallest absolute Gasteiger partial charge is 0.413 e. The number of nitrogens with zero attached hydrogens (tertiary/aromatic N) is 6. The molecule has 0 aliphatic rings. The molecule has 0 bridgehead atoms.